The Balaban J connectivity index is 1.24. The standard InChI is InChI=1S/C20H18O7/c21-14-9-6-3-8(11(9)16(23)26-14)19(4-6)1-2-20(18(19)25)5-7-10-12(13(7)20)17(24)27-15(10)22/h6-13H,1-5H2. The summed E-state index contributed by atoms with van der Waals surface area (Å²) >= 11 is 0. The van der Waals surface area contributed by atoms with Gasteiger partial charge in [-0.25, -0.2) is 0 Å². The van der Waals surface area contributed by atoms with Crippen molar-refractivity contribution in [2.45, 2.75) is 32.1 Å². The quantitative estimate of drug-likeness (QED) is 0.455. The van der Waals surface area contributed by atoms with E-state index in [1.54, 1.807) is 0 Å². The van der Waals surface area contributed by atoms with Crippen LogP contribution in [0, 0.1) is 58.2 Å². The number of hydrogen-bond acceptors (Lipinski definition) is 7. The molecule has 0 radical (unpaired) electrons. The number of cyclic esters (lactones) is 4. The lowest BCUT2D eigenvalue weighted by Gasteiger charge is -2.64. The minimum atomic E-state index is -0.544. The lowest BCUT2D eigenvalue weighted by atomic mass is 9.35. The zero-order valence-electron chi connectivity index (χ0n) is 14.5. The van der Waals surface area contributed by atoms with Gasteiger partial charge in [-0.15, -0.1) is 0 Å². The molecule has 140 valence electrons. The van der Waals surface area contributed by atoms with Crippen LogP contribution in [-0.2, 0) is 33.4 Å². The largest absolute Gasteiger partial charge is 0.393 e. The van der Waals surface area contributed by atoms with Crippen LogP contribution in [-0.4, -0.2) is 29.7 Å². The molecule has 7 heteroatoms. The molecule has 7 nitrogen and oxygen atoms in total. The Bertz CT molecular complexity index is 906. The van der Waals surface area contributed by atoms with E-state index in [2.05, 4.69) is 0 Å². The fraction of sp³-hybridized carbons (Fsp3) is 0.750. The predicted octanol–water partition coefficient (Wildman–Crippen LogP) is 0.643. The van der Waals surface area contributed by atoms with Crippen LogP contribution in [0.5, 0.6) is 0 Å². The number of ether oxygens (including phenoxy) is 2. The summed E-state index contributed by atoms with van der Waals surface area (Å²) in [6, 6.07) is 0. The molecule has 0 N–H and O–H groups in total. The van der Waals surface area contributed by atoms with E-state index in [0.29, 0.717) is 12.8 Å². The summed E-state index contributed by atoms with van der Waals surface area (Å²) in [4.78, 5) is 62.0. The average molecular weight is 370 g/mol. The molecular formula is C20H18O7. The van der Waals surface area contributed by atoms with E-state index in [1.165, 1.54) is 0 Å². The van der Waals surface area contributed by atoms with Crippen LogP contribution in [0.25, 0.3) is 0 Å². The Labute approximate surface area is 154 Å². The minimum Gasteiger partial charge on any atom is -0.393 e. The summed E-state index contributed by atoms with van der Waals surface area (Å²) in [7, 11) is 0. The molecule has 10 unspecified atom stereocenters. The Kier molecular flexibility index (Phi) is 2.23. The highest BCUT2D eigenvalue weighted by atomic mass is 16.6. The van der Waals surface area contributed by atoms with Crippen molar-refractivity contribution in [3.05, 3.63) is 0 Å². The van der Waals surface area contributed by atoms with Gasteiger partial charge in [0, 0.05) is 10.8 Å². The summed E-state index contributed by atoms with van der Waals surface area (Å²) in [6.45, 7) is 0. The molecular weight excluding hydrogens is 352 g/mol. The molecule has 2 heterocycles. The fourth-order valence-electron chi connectivity index (χ4n) is 8.76. The first kappa shape index (κ1) is 14.9. The zero-order chi connectivity index (χ0) is 18.5. The SMILES string of the molecule is O=C1OC(=O)C2C1C1CC2C2(CCC3(CC4C5C(=O)OC(=O)C5C43)C2=O)C1. The van der Waals surface area contributed by atoms with Crippen molar-refractivity contribution in [2.75, 3.05) is 0 Å². The number of rotatable bonds is 0. The van der Waals surface area contributed by atoms with E-state index >= 15 is 0 Å². The van der Waals surface area contributed by atoms with Gasteiger partial charge in [-0.1, -0.05) is 0 Å². The number of ketones is 1. The fourth-order valence-corrected chi connectivity index (χ4v) is 8.76. The van der Waals surface area contributed by atoms with Crippen molar-refractivity contribution in [3.8, 4) is 0 Å². The Morgan fingerprint density at radius 3 is 2.11 bits per heavy atom. The molecule has 7 aliphatic rings. The van der Waals surface area contributed by atoms with E-state index in [9.17, 15) is 24.0 Å². The smallest absolute Gasteiger partial charge is 0.317 e. The van der Waals surface area contributed by atoms with Crippen LogP contribution < -0.4 is 0 Å². The molecule has 5 aliphatic carbocycles. The zero-order valence-corrected chi connectivity index (χ0v) is 14.5. The predicted molar refractivity (Wildman–Crippen MR) is 83.1 cm³/mol. The van der Waals surface area contributed by atoms with E-state index in [0.717, 1.165) is 19.3 Å². The summed E-state index contributed by atoms with van der Waals surface area (Å²) in [6.07, 6.45) is 3.52. The summed E-state index contributed by atoms with van der Waals surface area (Å²) < 4.78 is 9.71. The second kappa shape index (κ2) is 4.03. The van der Waals surface area contributed by atoms with Crippen LogP contribution >= 0.6 is 0 Å². The molecule has 2 spiro atoms. The molecule has 7 fully saturated rings. The van der Waals surface area contributed by atoms with Gasteiger partial charge in [0.2, 0.25) is 0 Å². The molecule has 2 aliphatic heterocycles. The van der Waals surface area contributed by atoms with Gasteiger partial charge in [-0.3, -0.25) is 24.0 Å². The van der Waals surface area contributed by atoms with Gasteiger partial charge in [0.25, 0.3) is 0 Å². The third-order valence-electron chi connectivity index (χ3n) is 9.57. The summed E-state index contributed by atoms with van der Waals surface area (Å²) in [5.41, 5.74) is -1.07. The number of fused-ring (bicyclic) bond motifs is 11. The van der Waals surface area contributed by atoms with Crippen LogP contribution in [0.1, 0.15) is 32.1 Å². The third kappa shape index (κ3) is 1.28. The second-order valence-electron chi connectivity index (χ2n) is 9.92. The molecule has 0 aromatic heterocycles. The first-order valence-corrected chi connectivity index (χ1v) is 9.95. The van der Waals surface area contributed by atoms with Crippen molar-refractivity contribution in [1.82, 2.24) is 0 Å². The number of Topliss-reactive ketones (excluding diaryl/α,β-unsaturated/α-hetero) is 1. The molecule has 0 amide bonds. The van der Waals surface area contributed by atoms with Gasteiger partial charge in [0.15, 0.2) is 0 Å². The van der Waals surface area contributed by atoms with Gasteiger partial charge in [0.05, 0.1) is 23.7 Å². The molecule has 0 aromatic rings. The second-order valence-corrected chi connectivity index (χ2v) is 9.92. The van der Waals surface area contributed by atoms with Crippen LogP contribution in [0.3, 0.4) is 0 Å². The Hall–Kier alpha value is -2.05. The highest BCUT2D eigenvalue weighted by Gasteiger charge is 2.82. The average Bonchev–Trinajstić information content (AvgIpc) is 3.33. The highest BCUT2D eigenvalue weighted by molar-refractivity contribution is 6.04. The molecule has 27 heavy (non-hydrogen) atoms. The summed E-state index contributed by atoms with van der Waals surface area (Å²) in [5.74, 6) is -3.18. The summed E-state index contributed by atoms with van der Waals surface area (Å²) in [5, 5.41) is 0. The molecule has 7 rings (SSSR count). The topological polar surface area (TPSA) is 104 Å². The van der Waals surface area contributed by atoms with Crippen molar-refractivity contribution < 1.29 is 33.4 Å². The van der Waals surface area contributed by atoms with Crippen molar-refractivity contribution in [1.29, 1.82) is 0 Å². The monoisotopic (exact) mass is 370 g/mol. The third-order valence-corrected chi connectivity index (χ3v) is 9.57. The van der Waals surface area contributed by atoms with Crippen LogP contribution in [0.2, 0.25) is 0 Å². The molecule has 5 saturated carbocycles. The Morgan fingerprint density at radius 2 is 1.33 bits per heavy atom. The molecule has 0 aromatic carbocycles. The normalized spacial score (nSPS) is 58.9. The van der Waals surface area contributed by atoms with Gasteiger partial charge in [-0.05, 0) is 55.8 Å². The van der Waals surface area contributed by atoms with E-state index in [4.69, 9.17) is 9.47 Å². The lowest BCUT2D eigenvalue weighted by Crippen LogP contribution is -2.68. The van der Waals surface area contributed by atoms with Gasteiger partial charge in [-0.2, -0.15) is 0 Å². The number of carbonyl (C=O) groups is 5. The maximum atomic E-state index is 13.8. The van der Waals surface area contributed by atoms with Gasteiger partial charge >= 0.3 is 23.9 Å². The minimum absolute atomic E-state index is 0.0566. The maximum Gasteiger partial charge on any atom is 0.317 e. The Morgan fingerprint density at radius 1 is 0.704 bits per heavy atom. The van der Waals surface area contributed by atoms with Gasteiger partial charge < -0.3 is 9.47 Å². The van der Waals surface area contributed by atoms with Crippen molar-refractivity contribution in [2.24, 2.45) is 58.2 Å². The highest BCUT2D eigenvalue weighted by Crippen LogP contribution is 2.78. The molecule has 2 bridgehead atoms. The molecule has 10 atom stereocenters. The van der Waals surface area contributed by atoms with Gasteiger partial charge in [0.1, 0.15) is 5.78 Å². The van der Waals surface area contributed by atoms with Crippen LogP contribution in [0.15, 0.2) is 0 Å². The van der Waals surface area contributed by atoms with E-state index in [-0.39, 0.29) is 41.3 Å². The lowest BCUT2D eigenvalue weighted by molar-refractivity contribution is -0.202. The van der Waals surface area contributed by atoms with Crippen molar-refractivity contribution in [3.63, 3.8) is 0 Å². The number of hydrogen-bond donors (Lipinski definition) is 0. The first-order valence-electron chi connectivity index (χ1n) is 9.95. The maximum absolute atomic E-state index is 13.8. The van der Waals surface area contributed by atoms with E-state index in [1.807, 2.05) is 0 Å². The molecule has 2 saturated heterocycles. The number of carbonyl (C=O) groups excluding carboxylic acids is 5. The first-order chi connectivity index (χ1) is 12.9. The van der Waals surface area contributed by atoms with Crippen LogP contribution in [0.4, 0.5) is 0 Å². The van der Waals surface area contributed by atoms with E-state index < -0.39 is 46.5 Å². The number of esters is 4. The van der Waals surface area contributed by atoms with Crippen molar-refractivity contribution >= 4 is 29.7 Å².